The van der Waals surface area contributed by atoms with Gasteiger partial charge in [-0.15, -0.1) is 0 Å². The van der Waals surface area contributed by atoms with Crippen molar-refractivity contribution in [1.82, 2.24) is 4.98 Å². The first-order valence-electron chi connectivity index (χ1n) is 8.23. The van der Waals surface area contributed by atoms with Crippen molar-refractivity contribution < 1.29 is 27.5 Å². The van der Waals surface area contributed by atoms with Crippen molar-refractivity contribution in [1.29, 1.82) is 0 Å². The van der Waals surface area contributed by atoms with Gasteiger partial charge in [-0.2, -0.15) is 13.2 Å². The number of amides is 1. The van der Waals surface area contributed by atoms with Crippen LogP contribution < -0.4 is 5.32 Å². The number of pyridine rings is 1. The summed E-state index contributed by atoms with van der Waals surface area (Å²) in [5, 5.41) is 12.4. The Hall–Kier alpha value is -3.55. The average molecular weight is 386 g/mol. The predicted molar refractivity (Wildman–Crippen MR) is 96.4 cm³/mol. The fourth-order valence-electron chi connectivity index (χ4n) is 3.09. The molecule has 0 fully saturated rings. The first-order valence-corrected chi connectivity index (χ1v) is 8.23. The fraction of sp³-hybridized carbons (Fsp3) is 0.100. The second kappa shape index (κ2) is 6.26. The number of phenols is 1. The lowest BCUT2D eigenvalue weighted by Crippen LogP contribution is -2.14. The molecule has 0 unspecified atom stereocenters. The number of alkyl halides is 3. The number of carbonyl (C=O) groups excluding carboxylic acids is 1. The molecule has 0 saturated carbocycles. The summed E-state index contributed by atoms with van der Waals surface area (Å²) in [5.41, 5.74) is 1.24. The van der Waals surface area contributed by atoms with Crippen molar-refractivity contribution in [3.8, 4) is 16.9 Å². The largest absolute Gasteiger partial charge is 0.504 e. The lowest BCUT2D eigenvalue weighted by atomic mass is 9.99. The number of aromatic nitrogens is 1. The van der Waals surface area contributed by atoms with Gasteiger partial charge in [0.05, 0.1) is 11.1 Å². The molecule has 142 valence electrons. The van der Waals surface area contributed by atoms with Crippen LogP contribution in [0.2, 0.25) is 0 Å². The Balaban J connectivity index is 1.76. The molecule has 1 amide bonds. The molecule has 0 aliphatic heterocycles. The number of fused-ring (bicyclic) bond motifs is 2. The number of halogens is 3. The molecule has 0 atom stereocenters. The van der Waals surface area contributed by atoms with Gasteiger partial charge in [-0.05, 0) is 42.8 Å². The topological polar surface area (TPSA) is 75.4 Å². The SMILES string of the molecule is Cc1cc(-c2c(C(=O)Nc3cccc(C(F)(F)F)c3)c3oc2cc3O)ccn1. The van der Waals surface area contributed by atoms with Crippen molar-refractivity contribution in [3.63, 3.8) is 0 Å². The number of anilines is 1. The van der Waals surface area contributed by atoms with Crippen LogP contribution in [0.25, 0.3) is 22.3 Å². The molecule has 0 aliphatic carbocycles. The van der Waals surface area contributed by atoms with Crippen molar-refractivity contribution in [2.24, 2.45) is 0 Å². The van der Waals surface area contributed by atoms with Gasteiger partial charge in [-0.25, -0.2) is 0 Å². The monoisotopic (exact) mass is 386 g/mol. The number of phenolic OH excluding ortho intramolecular Hbond substituents is 1. The number of hydrogen-bond acceptors (Lipinski definition) is 4. The van der Waals surface area contributed by atoms with E-state index in [1.807, 2.05) is 0 Å². The lowest BCUT2D eigenvalue weighted by molar-refractivity contribution is -0.137. The summed E-state index contributed by atoms with van der Waals surface area (Å²) in [4.78, 5) is 17.0. The van der Waals surface area contributed by atoms with Gasteiger partial charge in [0, 0.05) is 29.2 Å². The van der Waals surface area contributed by atoms with Crippen LogP contribution in [0.4, 0.5) is 18.9 Å². The van der Waals surface area contributed by atoms with Crippen molar-refractivity contribution in [3.05, 3.63) is 65.5 Å². The number of aromatic hydroxyl groups is 1. The molecule has 1 aromatic carbocycles. The number of benzene rings is 2. The van der Waals surface area contributed by atoms with Crippen molar-refractivity contribution in [2.75, 3.05) is 5.32 Å². The average Bonchev–Trinajstić information content (AvgIpc) is 3.18. The molecular weight excluding hydrogens is 373 g/mol. The smallest absolute Gasteiger partial charge is 0.416 e. The molecule has 2 bridgehead atoms. The number of nitrogens with one attached hydrogen (secondary N) is 1. The lowest BCUT2D eigenvalue weighted by Gasteiger charge is -2.11. The maximum absolute atomic E-state index is 12.9. The summed E-state index contributed by atoms with van der Waals surface area (Å²) < 4.78 is 44.2. The third kappa shape index (κ3) is 3.02. The van der Waals surface area contributed by atoms with E-state index in [0.717, 1.165) is 12.1 Å². The molecular formula is C20H13F3N2O3. The van der Waals surface area contributed by atoms with E-state index in [-0.39, 0.29) is 22.6 Å². The van der Waals surface area contributed by atoms with E-state index in [0.29, 0.717) is 22.4 Å². The Morgan fingerprint density at radius 2 is 1.96 bits per heavy atom. The van der Waals surface area contributed by atoms with Crippen molar-refractivity contribution >= 4 is 22.8 Å². The highest BCUT2D eigenvalue weighted by Gasteiger charge is 2.31. The van der Waals surface area contributed by atoms with Gasteiger partial charge in [-0.3, -0.25) is 9.78 Å². The van der Waals surface area contributed by atoms with Gasteiger partial charge in [-0.1, -0.05) is 6.07 Å². The van der Waals surface area contributed by atoms with E-state index < -0.39 is 17.6 Å². The minimum absolute atomic E-state index is 0.0190. The highest BCUT2D eigenvalue weighted by molar-refractivity contribution is 6.17. The number of rotatable bonds is 3. The first-order chi connectivity index (χ1) is 13.2. The Morgan fingerprint density at radius 3 is 2.68 bits per heavy atom. The minimum atomic E-state index is -4.53. The molecule has 3 heterocycles. The molecule has 0 aliphatic rings. The molecule has 28 heavy (non-hydrogen) atoms. The summed E-state index contributed by atoms with van der Waals surface area (Å²) in [6.45, 7) is 1.78. The van der Waals surface area contributed by atoms with E-state index >= 15 is 0 Å². The van der Waals surface area contributed by atoms with Gasteiger partial charge in [0.15, 0.2) is 11.3 Å². The number of nitrogens with zero attached hydrogens (tertiary/aromatic N) is 1. The van der Waals surface area contributed by atoms with Crippen LogP contribution in [-0.4, -0.2) is 16.0 Å². The fourth-order valence-corrected chi connectivity index (χ4v) is 3.09. The Kier molecular flexibility index (Phi) is 3.99. The molecule has 0 radical (unpaired) electrons. The summed E-state index contributed by atoms with van der Waals surface area (Å²) in [5.74, 6) is -0.896. The summed E-state index contributed by atoms with van der Waals surface area (Å²) >= 11 is 0. The van der Waals surface area contributed by atoms with Crippen LogP contribution >= 0.6 is 0 Å². The van der Waals surface area contributed by atoms with Crippen LogP contribution in [0.1, 0.15) is 21.6 Å². The minimum Gasteiger partial charge on any atom is -0.504 e. The summed E-state index contributed by atoms with van der Waals surface area (Å²) in [7, 11) is 0. The standard InChI is InChI=1S/C20H13F3N2O3/c1-10-7-11(5-6-24-10)16-15-9-14(26)18(28-15)17(16)19(27)25-13-4-2-3-12(8-13)20(21,22)23/h2-9,26H,1H3,(H,25,27). The first kappa shape index (κ1) is 17.8. The van der Waals surface area contributed by atoms with Gasteiger partial charge in [0.2, 0.25) is 0 Å². The van der Waals surface area contributed by atoms with Gasteiger partial charge >= 0.3 is 6.18 Å². The second-order valence-corrected chi connectivity index (χ2v) is 6.29. The second-order valence-electron chi connectivity index (χ2n) is 6.29. The van der Waals surface area contributed by atoms with Crippen LogP contribution in [0, 0.1) is 6.92 Å². The van der Waals surface area contributed by atoms with Crippen LogP contribution in [0.5, 0.6) is 5.75 Å². The third-order valence-electron chi connectivity index (χ3n) is 4.30. The Labute approximate surface area is 156 Å². The molecule has 4 rings (SSSR count). The van der Waals surface area contributed by atoms with Gasteiger partial charge < -0.3 is 14.8 Å². The highest BCUT2D eigenvalue weighted by Crippen LogP contribution is 2.42. The predicted octanol–water partition coefficient (Wildman–Crippen LogP) is 5.22. The molecule has 0 spiro atoms. The van der Waals surface area contributed by atoms with E-state index in [2.05, 4.69) is 10.3 Å². The summed E-state index contributed by atoms with van der Waals surface area (Å²) in [6.07, 6.45) is -2.96. The maximum atomic E-state index is 12.9. The zero-order chi connectivity index (χ0) is 20.1. The highest BCUT2D eigenvalue weighted by atomic mass is 19.4. The van der Waals surface area contributed by atoms with E-state index in [4.69, 9.17) is 4.42 Å². The normalized spacial score (nSPS) is 11.9. The van der Waals surface area contributed by atoms with Gasteiger partial charge in [0.25, 0.3) is 5.91 Å². The molecule has 2 N–H and O–H groups in total. The molecule has 8 heteroatoms. The summed E-state index contributed by atoms with van der Waals surface area (Å²) in [6, 6.07) is 9.14. The number of carbonyl (C=O) groups is 1. The van der Waals surface area contributed by atoms with Crippen LogP contribution in [0.15, 0.2) is 53.1 Å². The molecule has 0 saturated heterocycles. The van der Waals surface area contributed by atoms with E-state index in [1.165, 1.54) is 18.2 Å². The number of aryl methyl sites for hydroxylation is 1. The van der Waals surface area contributed by atoms with Crippen LogP contribution in [-0.2, 0) is 6.18 Å². The number of furan rings is 2. The third-order valence-corrected chi connectivity index (χ3v) is 4.30. The maximum Gasteiger partial charge on any atom is 0.416 e. The quantitative estimate of drug-likeness (QED) is 0.506. The van der Waals surface area contributed by atoms with Crippen molar-refractivity contribution in [2.45, 2.75) is 13.1 Å². The molecule has 4 aromatic rings. The molecule has 3 aromatic heterocycles. The van der Waals surface area contributed by atoms with Gasteiger partial charge in [0.1, 0.15) is 5.58 Å². The zero-order valence-electron chi connectivity index (χ0n) is 14.5. The van der Waals surface area contributed by atoms with E-state index in [1.54, 1.807) is 25.3 Å². The Bertz CT molecular complexity index is 1180. The Morgan fingerprint density at radius 1 is 1.18 bits per heavy atom. The molecule has 5 nitrogen and oxygen atoms in total. The van der Waals surface area contributed by atoms with Crippen LogP contribution in [0.3, 0.4) is 0 Å². The number of hydrogen-bond donors (Lipinski definition) is 2. The van der Waals surface area contributed by atoms with E-state index in [9.17, 15) is 23.1 Å². The zero-order valence-corrected chi connectivity index (χ0v) is 14.5.